The second kappa shape index (κ2) is 6.22. The van der Waals surface area contributed by atoms with Gasteiger partial charge in [0.15, 0.2) is 0 Å². The summed E-state index contributed by atoms with van der Waals surface area (Å²) in [5, 5.41) is 3.65. The Kier molecular flexibility index (Phi) is 3.76. The Morgan fingerprint density at radius 3 is 2.54 bits per heavy atom. The molecule has 2 heterocycles. The summed E-state index contributed by atoms with van der Waals surface area (Å²) in [5.41, 5.74) is 2.78. The maximum Gasteiger partial charge on any atom is 0.257 e. The van der Waals surface area contributed by atoms with Crippen molar-refractivity contribution in [1.29, 1.82) is 0 Å². The van der Waals surface area contributed by atoms with Crippen LogP contribution in [-0.4, -0.2) is 15.9 Å². The summed E-state index contributed by atoms with van der Waals surface area (Å²) in [5.74, 6) is -0.191. The second-order valence-electron chi connectivity index (χ2n) is 5.21. The van der Waals surface area contributed by atoms with Crippen molar-refractivity contribution in [2.24, 2.45) is 0 Å². The molecule has 4 aromatic rings. The third kappa shape index (κ3) is 2.77. The molecule has 1 amide bonds. The number of aromatic nitrogens is 2. The van der Waals surface area contributed by atoms with E-state index in [0.29, 0.717) is 11.3 Å². The molecule has 0 atom stereocenters. The van der Waals surface area contributed by atoms with Crippen LogP contribution >= 0.6 is 11.3 Å². The van der Waals surface area contributed by atoms with Gasteiger partial charge in [0, 0.05) is 11.9 Å². The predicted molar refractivity (Wildman–Crippen MR) is 97.2 cm³/mol. The number of hydrogen-bond acceptors (Lipinski definition) is 4. The van der Waals surface area contributed by atoms with E-state index in [9.17, 15) is 4.79 Å². The molecular weight excluding hydrogens is 318 g/mol. The highest BCUT2D eigenvalue weighted by molar-refractivity contribution is 7.21. The number of carbonyl (C=O) groups excluding carboxylic acids is 1. The molecular formula is C19H13N3OS. The number of anilines is 1. The highest BCUT2D eigenvalue weighted by atomic mass is 32.1. The number of hydrogen-bond donors (Lipinski definition) is 1. The zero-order chi connectivity index (χ0) is 16.4. The zero-order valence-electron chi connectivity index (χ0n) is 12.6. The maximum absolute atomic E-state index is 12.6. The lowest BCUT2D eigenvalue weighted by Crippen LogP contribution is -2.13. The lowest BCUT2D eigenvalue weighted by Gasteiger charge is -2.07. The number of nitrogens with one attached hydrogen (secondary N) is 1. The number of amides is 1. The van der Waals surface area contributed by atoms with Gasteiger partial charge in [-0.15, -0.1) is 11.3 Å². The molecule has 24 heavy (non-hydrogen) atoms. The number of nitrogens with zero attached hydrogens (tertiary/aromatic N) is 2. The van der Waals surface area contributed by atoms with Crippen LogP contribution in [0.25, 0.3) is 20.9 Å². The van der Waals surface area contributed by atoms with Gasteiger partial charge in [0.2, 0.25) is 0 Å². The summed E-state index contributed by atoms with van der Waals surface area (Å²) < 4.78 is 1.08. The average Bonchev–Trinajstić information content (AvgIpc) is 3.06. The number of fused-ring (bicyclic) bond motifs is 1. The summed E-state index contributed by atoms with van der Waals surface area (Å²) in [6.07, 6.45) is 1.68. The molecule has 2 aromatic heterocycles. The van der Waals surface area contributed by atoms with Crippen molar-refractivity contribution in [3.63, 3.8) is 0 Å². The summed E-state index contributed by atoms with van der Waals surface area (Å²) in [7, 11) is 0. The Morgan fingerprint density at radius 2 is 1.71 bits per heavy atom. The summed E-state index contributed by atoms with van der Waals surface area (Å²) >= 11 is 1.53. The molecule has 0 aliphatic rings. The normalized spacial score (nSPS) is 10.7. The largest absolute Gasteiger partial charge is 0.322 e. The number of rotatable bonds is 3. The van der Waals surface area contributed by atoms with E-state index in [1.165, 1.54) is 11.3 Å². The molecule has 0 spiro atoms. The monoisotopic (exact) mass is 331 g/mol. The van der Waals surface area contributed by atoms with Crippen LogP contribution in [0.1, 0.15) is 10.4 Å². The van der Waals surface area contributed by atoms with Crippen molar-refractivity contribution < 1.29 is 4.79 Å². The van der Waals surface area contributed by atoms with Gasteiger partial charge in [-0.1, -0.05) is 30.3 Å². The van der Waals surface area contributed by atoms with Crippen molar-refractivity contribution in [2.75, 3.05) is 5.32 Å². The Balaban J connectivity index is 1.73. The van der Waals surface area contributed by atoms with Gasteiger partial charge in [-0.2, -0.15) is 0 Å². The highest BCUT2D eigenvalue weighted by Gasteiger charge is 2.17. The van der Waals surface area contributed by atoms with Gasteiger partial charge in [-0.25, -0.2) is 4.98 Å². The van der Waals surface area contributed by atoms with Crippen molar-refractivity contribution in [3.05, 3.63) is 78.5 Å². The molecule has 4 nitrogen and oxygen atoms in total. The topological polar surface area (TPSA) is 54.9 Å². The molecule has 116 valence electrons. The Hall–Kier alpha value is -3.05. The lowest BCUT2D eigenvalue weighted by atomic mass is 10.1. The fourth-order valence-corrected chi connectivity index (χ4v) is 3.43. The molecule has 0 aliphatic carbocycles. The summed E-state index contributed by atoms with van der Waals surface area (Å²) in [6.45, 7) is 0. The molecule has 0 unspecified atom stereocenters. The fourth-order valence-electron chi connectivity index (χ4n) is 2.45. The third-order valence-corrected chi connectivity index (χ3v) is 4.62. The van der Waals surface area contributed by atoms with Crippen molar-refractivity contribution in [1.82, 2.24) is 9.97 Å². The fraction of sp³-hybridized carbons (Fsp3) is 0. The first-order chi connectivity index (χ1) is 11.8. The van der Waals surface area contributed by atoms with Crippen LogP contribution in [0.4, 0.5) is 5.69 Å². The number of pyridine rings is 1. The van der Waals surface area contributed by atoms with Gasteiger partial charge in [-0.3, -0.25) is 9.78 Å². The summed E-state index contributed by atoms with van der Waals surface area (Å²) in [6, 6.07) is 20.8. The van der Waals surface area contributed by atoms with E-state index in [4.69, 9.17) is 0 Å². The van der Waals surface area contributed by atoms with E-state index in [-0.39, 0.29) is 5.91 Å². The minimum absolute atomic E-state index is 0.191. The van der Waals surface area contributed by atoms with E-state index in [0.717, 1.165) is 20.9 Å². The SMILES string of the molecule is O=C(Nc1ccccc1)c1cccnc1-c1nc2ccccc2s1. The van der Waals surface area contributed by atoms with Crippen LogP contribution in [0, 0.1) is 0 Å². The number of benzene rings is 2. The van der Waals surface area contributed by atoms with E-state index in [1.54, 1.807) is 18.3 Å². The molecule has 0 bridgehead atoms. The Bertz CT molecular complexity index is 978. The molecule has 4 rings (SSSR count). The highest BCUT2D eigenvalue weighted by Crippen LogP contribution is 2.30. The van der Waals surface area contributed by atoms with E-state index < -0.39 is 0 Å². The van der Waals surface area contributed by atoms with E-state index in [1.807, 2.05) is 54.6 Å². The summed E-state index contributed by atoms with van der Waals surface area (Å²) in [4.78, 5) is 21.7. The van der Waals surface area contributed by atoms with Gasteiger partial charge < -0.3 is 5.32 Å². The van der Waals surface area contributed by atoms with Gasteiger partial charge in [0.25, 0.3) is 5.91 Å². The number of para-hydroxylation sites is 2. The number of thiazole rings is 1. The molecule has 2 aromatic carbocycles. The van der Waals surface area contributed by atoms with Crippen LogP contribution in [0.3, 0.4) is 0 Å². The van der Waals surface area contributed by atoms with Crippen LogP contribution in [0.2, 0.25) is 0 Å². The average molecular weight is 331 g/mol. The van der Waals surface area contributed by atoms with Crippen LogP contribution < -0.4 is 5.32 Å². The van der Waals surface area contributed by atoms with E-state index in [2.05, 4.69) is 15.3 Å². The van der Waals surface area contributed by atoms with Crippen LogP contribution in [0.5, 0.6) is 0 Å². The van der Waals surface area contributed by atoms with Crippen LogP contribution in [-0.2, 0) is 0 Å². The first-order valence-corrected chi connectivity index (χ1v) is 8.30. The third-order valence-electron chi connectivity index (χ3n) is 3.58. The van der Waals surface area contributed by atoms with Gasteiger partial charge in [0.05, 0.1) is 15.8 Å². The van der Waals surface area contributed by atoms with Crippen molar-refractivity contribution in [2.45, 2.75) is 0 Å². The minimum atomic E-state index is -0.191. The zero-order valence-corrected chi connectivity index (χ0v) is 13.5. The molecule has 5 heteroatoms. The maximum atomic E-state index is 12.6. The van der Waals surface area contributed by atoms with Crippen molar-refractivity contribution in [3.8, 4) is 10.7 Å². The Labute approximate surface area is 142 Å². The smallest absolute Gasteiger partial charge is 0.257 e. The Morgan fingerprint density at radius 1 is 0.917 bits per heavy atom. The molecule has 1 N–H and O–H groups in total. The first-order valence-electron chi connectivity index (χ1n) is 7.48. The predicted octanol–water partition coefficient (Wildman–Crippen LogP) is 4.61. The molecule has 0 fully saturated rings. The van der Waals surface area contributed by atoms with E-state index >= 15 is 0 Å². The standard InChI is InChI=1S/C19H13N3OS/c23-18(21-13-7-2-1-3-8-13)14-9-6-12-20-17(14)19-22-15-10-4-5-11-16(15)24-19/h1-12H,(H,21,23). The molecule has 0 saturated carbocycles. The van der Waals surface area contributed by atoms with Crippen molar-refractivity contribution >= 4 is 33.1 Å². The molecule has 0 radical (unpaired) electrons. The van der Waals surface area contributed by atoms with Gasteiger partial charge in [0.1, 0.15) is 10.7 Å². The van der Waals surface area contributed by atoms with Gasteiger partial charge in [-0.05, 0) is 36.4 Å². The quantitative estimate of drug-likeness (QED) is 0.596. The molecule has 0 saturated heterocycles. The molecule has 0 aliphatic heterocycles. The minimum Gasteiger partial charge on any atom is -0.322 e. The van der Waals surface area contributed by atoms with Gasteiger partial charge >= 0.3 is 0 Å². The van der Waals surface area contributed by atoms with Crippen LogP contribution in [0.15, 0.2) is 72.9 Å². The lowest BCUT2D eigenvalue weighted by molar-refractivity contribution is 0.102. The number of carbonyl (C=O) groups is 1. The second-order valence-corrected chi connectivity index (χ2v) is 6.24. The first kappa shape index (κ1) is 14.5.